The van der Waals surface area contributed by atoms with E-state index in [1.807, 2.05) is 30.5 Å². The van der Waals surface area contributed by atoms with Crippen LogP contribution < -0.4 is 5.32 Å². The molecule has 0 aliphatic carbocycles. The summed E-state index contributed by atoms with van der Waals surface area (Å²) in [5.41, 5.74) is 4.60. The lowest BCUT2D eigenvalue weighted by atomic mass is 10.1. The molecule has 0 fully saturated rings. The zero-order valence-corrected chi connectivity index (χ0v) is 14.9. The molecule has 4 rings (SSSR count). The summed E-state index contributed by atoms with van der Waals surface area (Å²) in [4.78, 5) is 20.1. The number of H-pyrrole nitrogens is 1. The van der Waals surface area contributed by atoms with Crippen LogP contribution in [0.5, 0.6) is 0 Å². The van der Waals surface area contributed by atoms with Crippen LogP contribution in [0.25, 0.3) is 22.2 Å². The van der Waals surface area contributed by atoms with Crippen molar-refractivity contribution in [2.24, 2.45) is 0 Å². The number of hydrogen-bond acceptors (Lipinski definition) is 3. The number of fused-ring (bicyclic) bond motifs is 1. The number of rotatable bonds is 4. The zero-order valence-electron chi connectivity index (χ0n) is 14.0. The lowest BCUT2D eigenvalue weighted by Gasteiger charge is -2.02. The van der Waals surface area contributed by atoms with Gasteiger partial charge in [-0.05, 0) is 30.7 Å². The van der Waals surface area contributed by atoms with Crippen LogP contribution in [0, 0.1) is 12.7 Å². The van der Waals surface area contributed by atoms with E-state index in [2.05, 4.69) is 21.4 Å². The van der Waals surface area contributed by atoms with Crippen molar-refractivity contribution in [2.75, 3.05) is 5.32 Å². The van der Waals surface area contributed by atoms with E-state index in [-0.39, 0.29) is 18.1 Å². The van der Waals surface area contributed by atoms with Gasteiger partial charge in [-0.25, -0.2) is 9.37 Å². The van der Waals surface area contributed by atoms with Crippen LogP contribution in [-0.2, 0) is 11.2 Å². The van der Waals surface area contributed by atoms with E-state index < -0.39 is 0 Å². The van der Waals surface area contributed by atoms with Gasteiger partial charge < -0.3 is 10.3 Å². The molecule has 0 unspecified atom stereocenters. The molecule has 0 aliphatic rings. The maximum Gasteiger partial charge on any atom is 0.230 e. The number of aromatic nitrogens is 2. The molecule has 6 heteroatoms. The van der Waals surface area contributed by atoms with Gasteiger partial charge in [0.05, 0.1) is 12.1 Å². The van der Waals surface area contributed by atoms with Gasteiger partial charge >= 0.3 is 0 Å². The molecule has 0 bridgehead atoms. The van der Waals surface area contributed by atoms with E-state index in [1.165, 1.54) is 23.5 Å². The number of aromatic amines is 1. The molecule has 130 valence electrons. The number of hydrogen-bond donors (Lipinski definition) is 2. The third-order valence-corrected chi connectivity index (χ3v) is 4.91. The van der Waals surface area contributed by atoms with E-state index in [1.54, 1.807) is 12.1 Å². The second-order valence-corrected chi connectivity index (χ2v) is 6.92. The van der Waals surface area contributed by atoms with E-state index in [4.69, 9.17) is 0 Å². The Morgan fingerprint density at radius 1 is 1.23 bits per heavy atom. The molecule has 2 heterocycles. The molecule has 0 radical (unpaired) electrons. The van der Waals surface area contributed by atoms with Gasteiger partial charge in [0.2, 0.25) is 5.91 Å². The maximum absolute atomic E-state index is 13.2. The first kappa shape index (κ1) is 16.5. The third kappa shape index (κ3) is 3.23. The lowest BCUT2D eigenvalue weighted by Crippen LogP contribution is -2.14. The van der Waals surface area contributed by atoms with E-state index >= 15 is 0 Å². The van der Waals surface area contributed by atoms with Crippen LogP contribution in [-0.4, -0.2) is 15.9 Å². The van der Waals surface area contributed by atoms with E-state index in [9.17, 15) is 9.18 Å². The first-order valence-corrected chi connectivity index (χ1v) is 9.05. The standard InChI is InChI=1S/C20H16FN3OS/c1-12-19(15-7-2-3-8-16(15)22-12)17-11-26-20(23-17)24-18(25)10-13-5-4-6-14(21)9-13/h2-9,11,22H,10H2,1H3,(H,23,24,25). The van der Waals surface area contributed by atoms with Gasteiger partial charge in [-0.3, -0.25) is 4.79 Å². The highest BCUT2D eigenvalue weighted by atomic mass is 32.1. The molecule has 4 nitrogen and oxygen atoms in total. The fourth-order valence-electron chi connectivity index (χ4n) is 3.05. The van der Waals surface area contributed by atoms with E-state index in [0.29, 0.717) is 10.7 Å². The van der Waals surface area contributed by atoms with Gasteiger partial charge in [0.1, 0.15) is 5.82 Å². The number of thiazole rings is 1. The summed E-state index contributed by atoms with van der Waals surface area (Å²) in [5.74, 6) is -0.561. The molecular weight excluding hydrogens is 349 g/mol. The molecule has 0 saturated carbocycles. The molecular formula is C20H16FN3OS. The number of halogens is 1. The molecule has 0 atom stereocenters. The van der Waals surface area contributed by atoms with Gasteiger partial charge in [-0.15, -0.1) is 11.3 Å². The minimum atomic E-state index is -0.346. The normalized spacial score (nSPS) is 11.0. The summed E-state index contributed by atoms with van der Waals surface area (Å²) >= 11 is 1.38. The predicted octanol–water partition coefficient (Wildman–Crippen LogP) is 4.92. The first-order chi connectivity index (χ1) is 12.6. The molecule has 26 heavy (non-hydrogen) atoms. The minimum absolute atomic E-state index is 0.110. The fourth-order valence-corrected chi connectivity index (χ4v) is 3.77. The predicted molar refractivity (Wildman–Crippen MR) is 103 cm³/mol. The molecule has 0 aliphatic heterocycles. The average Bonchev–Trinajstić information content (AvgIpc) is 3.17. The SMILES string of the molecule is Cc1[nH]c2ccccc2c1-c1csc(NC(=O)Cc2cccc(F)c2)n1. The Kier molecular flexibility index (Phi) is 4.26. The number of para-hydroxylation sites is 1. The highest BCUT2D eigenvalue weighted by molar-refractivity contribution is 7.14. The molecule has 2 N–H and O–H groups in total. The average molecular weight is 365 g/mol. The van der Waals surface area contributed by atoms with E-state index in [0.717, 1.165) is 27.9 Å². The zero-order chi connectivity index (χ0) is 18.1. The fraction of sp³-hybridized carbons (Fsp3) is 0.100. The Labute approximate surface area is 153 Å². The van der Waals surface area contributed by atoms with Gasteiger partial charge in [-0.2, -0.15) is 0 Å². The number of amides is 1. The highest BCUT2D eigenvalue weighted by Gasteiger charge is 2.14. The summed E-state index contributed by atoms with van der Waals surface area (Å²) in [6, 6.07) is 14.1. The van der Waals surface area contributed by atoms with Gasteiger partial charge in [0, 0.05) is 27.5 Å². The minimum Gasteiger partial charge on any atom is -0.358 e. The van der Waals surface area contributed by atoms with Crippen LogP contribution in [0.4, 0.5) is 9.52 Å². The van der Waals surface area contributed by atoms with Crippen LogP contribution in [0.1, 0.15) is 11.3 Å². The van der Waals surface area contributed by atoms with Crippen molar-refractivity contribution in [1.82, 2.24) is 9.97 Å². The van der Waals surface area contributed by atoms with Crippen molar-refractivity contribution in [3.8, 4) is 11.3 Å². The molecule has 2 aromatic carbocycles. The Bertz CT molecular complexity index is 1100. The highest BCUT2D eigenvalue weighted by Crippen LogP contribution is 2.33. The number of anilines is 1. The molecule has 0 spiro atoms. The number of carbonyl (C=O) groups is 1. The van der Waals surface area contributed by atoms with Gasteiger partial charge in [-0.1, -0.05) is 30.3 Å². The number of aryl methyl sites for hydroxylation is 1. The summed E-state index contributed by atoms with van der Waals surface area (Å²) in [7, 11) is 0. The van der Waals surface area contributed by atoms with Gasteiger partial charge in [0.15, 0.2) is 5.13 Å². The molecule has 4 aromatic rings. The number of benzene rings is 2. The molecule has 1 amide bonds. The smallest absolute Gasteiger partial charge is 0.230 e. The summed E-state index contributed by atoms with van der Waals surface area (Å²) in [5, 5.41) is 6.36. The van der Waals surface area contributed by atoms with Crippen LogP contribution in [0.3, 0.4) is 0 Å². The lowest BCUT2D eigenvalue weighted by molar-refractivity contribution is -0.115. The summed E-state index contributed by atoms with van der Waals surface area (Å²) in [6.45, 7) is 2.01. The van der Waals surface area contributed by atoms with Gasteiger partial charge in [0.25, 0.3) is 0 Å². The third-order valence-electron chi connectivity index (χ3n) is 4.15. The number of nitrogens with zero attached hydrogens (tertiary/aromatic N) is 1. The van der Waals surface area contributed by atoms with Crippen molar-refractivity contribution < 1.29 is 9.18 Å². The summed E-state index contributed by atoms with van der Waals surface area (Å²) < 4.78 is 13.2. The van der Waals surface area contributed by atoms with Crippen LogP contribution >= 0.6 is 11.3 Å². The Morgan fingerprint density at radius 3 is 2.92 bits per heavy atom. The Hall–Kier alpha value is -2.99. The van der Waals surface area contributed by atoms with Crippen LogP contribution in [0.15, 0.2) is 53.9 Å². The largest absolute Gasteiger partial charge is 0.358 e. The number of carbonyl (C=O) groups excluding carboxylic acids is 1. The van der Waals surface area contributed by atoms with Crippen molar-refractivity contribution >= 4 is 33.3 Å². The maximum atomic E-state index is 13.2. The van der Waals surface area contributed by atoms with Crippen molar-refractivity contribution in [3.63, 3.8) is 0 Å². The molecule has 0 saturated heterocycles. The second kappa shape index (κ2) is 6.72. The second-order valence-electron chi connectivity index (χ2n) is 6.06. The van der Waals surface area contributed by atoms with Crippen LogP contribution in [0.2, 0.25) is 0 Å². The Balaban J connectivity index is 1.54. The topological polar surface area (TPSA) is 57.8 Å². The number of nitrogens with one attached hydrogen (secondary N) is 2. The monoisotopic (exact) mass is 365 g/mol. The van der Waals surface area contributed by atoms with Crippen molar-refractivity contribution in [3.05, 3.63) is 71.0 Å². The summed E-state index contributed by atoms with van der Waals surface area (Å²) in [6.07, 6.45) is 0.110. The molecule has 2 aromatic heterocycles. The quantitative estimate of drug-likeness (QED) is 0.539. The first-order valence-electron chi connectivity index (χ1n) is 8.17. The van der Waals surface area contributed by atoms with Crippen molar-refractivity contribution in [2.45, 2.75) is 13.3 Å². The van der Waals surface area contributed by atoms with Crippen molar-refractivity contribution in [1.29, 1.82) is 0 Å². The Morgan fingerprint density at radius 2 is 2.08 bits per heavy atom.